The van der Waals surface area contributed by atoms with Crippen LogP contribution in [0.1, 0.15) is 30.1 Å². The molecule has 1 saturated heterocycles. The third kappa shape index (κ3) is 3.62. The molecule has 1 unspecified atom stereocenters. The second-order valence-electron chi connectivity index (χ2n) is 4.81. The van der Waals surface area contributed by atoms with E-state index < -0.39 is 23.5 Å². The van der Waals surface area contributed by atoms with Gasteiger partial charge in [0.15, 0.2) is 0 Å². The molecule has 0 aromatic heterocycles. The van der Waals surface area contributed by atoms with E-state index >= 15 is 0 Å². The fourth-order valence-electron chi connectivity index (χ4n) is 2.27. The summed E-state index contributed by atoms with van der Waals surface area (Å²) < 4.78 is 51.7. The summed E-state index contributed by atoms with van der Waals surface area (Å²) in [6.45, 7) is 0.905. The molecule has 0 bridgehead atoms. The summed E-state index contributed by atoms with van der Waals surface area (Å²) in [7, 11) is 0. The number of piperidine rings is 1. The van der Waals surface area contributed by atoms with Gasteiger partial charge in [0.25, 0.3) is 0 Å². The van der Waals surface area contributed by atoms with Gasteiger partial charge in [-0.2, -0.15) is 13.2 Å². The Morgan fingerprint density at radius 2 is 1.60 bits per heavy atom. The van der Waals surface area contributed by atoms with E-state index in [1.54, 1.807) is 0 Å². The summed E-state index contributed by atoms with van der Waals surface area (Å²) in [6.07, 6.45) is -5.52. The molecule has 1 aliphatic rings. The molecule has 1 aromatic rings. The van der Waals surface area contributed by atoms with Gasteiger partial charge < -0.3 is 10.4 Å². The lowest BCUT2D eigenvalue weighted by Crippen LogP contribution is -2.42. The van der Waals surface area contributed by atoms with Crippen LogP contribution in [-0.2, 0) is 6.18 Å². The van der Waals surface area contributed by atoms with Crippen LogP contribution in [0.5, 0.6) is 0 Å². The molecule has 2 nitrogen and oxygen atoms in total. The SMILES string of the molecule is Cl.OC(c1ccc(C(F)(F)F)cc1)C1(F)CCNCC1. The number of halogens is 5. The standard InChI is InChI=1S/C13H15F4NO.ClH/c14-12(5-7-18-8-6-12)11(19)9-1-3-10(4-2-9)13(15,16)17;/h1-4,11,18-19H,5-8H2;1H. The minimum atomic E-state index is -4.42. The number of hydrogen-bond donors (Lipinski definition) is 2. The van der Waals surface area contributed by atoms with Crippen LogP contribution >= 0.6 is 12.4 Å². The topological polar surface area (TPSA) is 32.3 Å². The molecule has 7 heteroatoms. The van der Waals surface area contributed by atoms with Crippen molar-refractivity contribution in [3.8, 4) is 0 Å². The van der Waals surface area contributed by atoms with Crippen molar-refractivity contribution >= 4 is 12.4 Å². The van der Waals surface area contributed by atoms with Crippen molar-refractivity contribution < 1.29 is 22.7 Å². The number of benzene rings is 1. The van der Waals surface area contributed by atoms with Gasteiger partial charge >= 0.3 is 6.18 Å². The minimum Gasteiger partial charge on any atom is -0.385 e. The molecule has 1 aliphatic heterocycles. The van der Waals surface area contributed by atoms with Gasteiger partial charge in [-0.25, -0.2) is 4.39 Å². The van der Waals surface area contributed by atoms with Gasteiger partial charge in [0, 0.05) is 0 Å². The van der Waals surface area contributed by atoms with Crippen molar-refractivity contribution in [2.75, 3.05) is 13.1 Å². The quantitative estimate of drug-likeness (QED) is 0.822. The largest absolute Gasteiger partial charge is 0.416 e. The molecule has 1 fully saturated rings. The van der Waals surface area contributed by atoms with Crippen LogP contribution in [0.25, 0.3) is 0 Å². The van der Waals surface area contributed by atoms with Gasteiger partial charge in [-0.3, -0.25) is 0 Å². The lowest BCUT2D eigenvalue weighted by atomic mass is 9.85. The number of aliphatic hydroxyl groups is 1. The molecule has 1 atom stereocenters. The van der Waals surface area contributed by atoms with Crippen LogP contribution in [0, 0.1) is 0 Å². The molecule has 0 spiro atoms. The van der Waals surface area contributed by atoms with E-state index in [4.69, 9.17) is 0 Å². The second-order valence-corrected chi connectivity index (χ2v) is 4.81. The molecular formula is C13H16ClF4NO. The number of hydrogen-bond acceptors (Lipinski definition) is 2. The molecule has 1 heterocycles. The molecule has 1 aromatic carbocycles. The summed E-state index contributed by atoms with van der Waals surface area (Å²) >= 11 is 0. The predicted octanol–water partition coefficient (Wildman–Crippen LogP) is 3.25. The third-order valence-electron chi connectivity index (χ3n) is 3.48. The Morgan fingerprint density at radius 3 is 2.05 bits per heavy atom. The Balaban J connectivity index is 0.00000200. The van der Waals surface area contributed by atoms with E-state index in [-0.39, 0.29) is 30.8 Å². The van der Waals surface area contributed by atoms with Crippen LogP contribution < -0.4 is 5.32 Å². The number of aliphatic hydroxyl groups excluding tert-OH is 1. The summed E-state index contributed by atoms with van der Waals surface area (Å²) in [5.41, 5.74) is -2.40. The highest BCUT2D eigenvalue weighted by Gasteiger charge is 2.40. The second kappa shape index (κ2) is 6.28. The Kier molecular flexibility index (Phi) is 5.40. The van der Waals surface area contributed by atoms with Gasteiger partial charge in [-0.15, -0.1) is 12.4 Å². The molecule has 0 radical (unpaired) electrons. The number of alkyl halides is 4. The Hall–Kier alpha value is -0.850. The van der Waals surface area contributed by atoms with E-state index in [0.717, 1.165) is 24.3 Å². The minimum absolute atomic E-state index is 0. The van der Waals surface area contributed by atoms with Gasteiger partial charge in [0.05, 0.1) is 5.56 Å². The van der Waals surface area contributed by atoms with Crippen LogP contribution in [0.2, 0.25) is 0 Å². The molecular weight excluding hydrogens is 298 g/mol. The highest BCUT2D eigenvalue weighted by Crippen LogP contribution is 2.38. The highest BCUT2D eigenvalue weighted by atomic mass is 35.5. The summed E-state index contributed by atoms with van der Waals surface area (Å²) in [5.74, 6) is 0. The normalized spacial score (nSPS) is 20.1. The molecule has 0 aliphatic carbocycles. The van der Waals surface area contributed by atoms with E-state index in [9.17, 15) is 22.7 Å². The van der Waals surface area contributed by atoms with E-state index in [1.807, 2.05) is 0 Å². The fourth-order valence-corrected chi connectivity index (χ4v) is 2.27. The number of rotatable bonds is 2. The molecule has 0 saturated carbocycles. The first kappa shape index (κ1) is 17.2. The van der Waals surface area contributed by atoms with E-state index in [2.05, 4.69) is 5.32 Å². The molecule has 2 N–H and O–H groups in total. The average Bonchev–Trinajstić information content (AvgIpc) is 2.38. The van der Waals surface area contributed by atoms with Crippen molar-refractivity contribution in [3.05, 3.63) is 35.4 Å². The van der Waals surface area contributed by atoms with Crippen molar-refractivity contribution in [2.24, 2.45) is 0 Å². The molecule has 0 amide bonds. The first-order valence-corrected chi connectivity index (χ1v) is 6.08. The highest BCUT2D eigenvalue weighted by molar-refractivity contribution is 5.85. The van der Waals surface area contributed by atoms with Crippen LogP contribution in [0.4, 0.5) is 17.6 Å². The summed E-state index contributed by atoms with van der Waals surface area (Å²) in [4.78, 5) is 0. The molecule has 20 heavy (non-hydrogen) atoms. The predicted molar refractivity (Wildman–Crippen MR) is 69.6 cm³/mol. The first-order valence-electron chi connectivity index (χ1n) is 6.08. The van der Waals surface area contributed by atoms with Gasteiger partial charge in [0.1, 0.15) is 11.8 Å². The van der Waals surface area contributed by atoms with E-state index in [0.29, 0.717) is 13.1 Å². The lowest BCUT2D eigenvalue weighted by Gasteiger charge is -2.34. The smallest absolute Gasteiger partial charge is 0.385 e. The zero-order valence-corrected chi connectivity index (χ0v) is 11.4. The number of nitrogens with one attached hydrogen (secondary N) is 1. The van der Waals surface area contributed by atoms with E-state index in [1.165, 1.54) is 0 Å². The maximum absolute atomic E-state index is 14.5. The average molecular weight is 314 g/mol. The van der Waals surface area contributed by atoms with Crippen LogP contribution in [0.15, 0.2) is 24.3 Å². The van der Waals surface area contributed by atoms with Gasteiger partial charge in [0.2, 0.25) is 0 Å². The molecule has 2 rings (SSSR count). The molecule has 114 valence electrons. The fraction of sp³-hybridized carbons (Fsp3) is 0.538. The zero-order valence-electron chi connectivity index (χ0n) is 10.6. The maximum atomic E-state index is 14.5. The van der Waals surface area contributed by atoms with Crippen molar-refractivity contribution in [2.45, 2.75) is 30.8 Å². The van der Waals surface area contributed by atoms with Crippen LogP contribution in [-0.4, -0.2) is 23.9 Å². The Morgan fingerprint density at radius 1 is 1.10 bits per heavy atom. The Labute approximate surface area is 120 Å². The Bertz CT molecular complexity index is 429. The zero-order chi connectivity index (χ0) is 14.1. The van der Waals surface area contributed by atoms with Crippen molar-refractivity contribution in [1.29, 1.82) is 0 Å². The van der Waals surface area contributed by atoms with Crippen molar-refractivity contribution in [3.63, 3.8) is 0 Å². The third-order valence-corrected chi connectivity index (χ3v) is 3.48. The maximum Gasteiger partial charge on any atom is 0.416 e. The lowest BCUT2D eigenvalue weighted by molar-refractivity contribution is -0.137. The summed E-state index contributed by atoms with van der Waals surface area (Å²) in [6, 6.07) is 4.00. The monoisotopic (exact) mass is 313 g/mol. The van der Waals surface area contributed by atoms with Gasteiger partial charge in [-0.05, 0) is 43.6 Å². The van der Waals surface area contributed by atoms with Crippen molar-refractivity contribution in [1.82, 2.24) is 5.32 Å². The van der Waals surface area contributed by atoms with Crippen LogP contribution in [0.3, 0.4) is 0 Å². The first-order chi connectivity index (χ1) is 8.83. The summed E-state index contributed by atoms with van der Waals surface area (Å²) in [5, 5.41) is 13.0. The van der Waals surface area contributed by atoms with Gasteiger partial charge in [-0.1, -0.05) is 12.1 Å².